The van der Waals surface area contributed by atoms with E-state index >= 15 is 0 Å². The SMILES string of the molecule is Cc1cc(O)c([C@H]2CCCN2)c(O)c1. The van der Waals surface area contributed by atoms with Crippen LogP contribution < -0.4 is 5.32 Å². The number of benzene rings is 1. The summed E-state index contributed by atoms with van der Waals surface area (Å²) in [7, 11) is 0. The van der Waals surface area contributed by atoms with Crippen molar-refractivity contribution in [1.82, 2.24) is 5.32 Å². The highest BCUT2D eigenvalue weighted by Crippen LogP contribution is 2.37. The van der Waals surface area contributed by atoms with Gasteiger partial charge in [0.2, 0.25) is 0 Å². The summed E-state index contributed by atoms with van der Waals surface area (Å²) in [4.78, 5) is 0. The first-order valence-corrected chi connectivity index (χ1v) is 4.94. The minimum atomic E-state index is 0.107. The second-order valence-electron chi connectivity index (χ2n) is 3.87. The molecule has 1 aromatic carbocycles. The smallest absolute Gasteiger partial charge is 0.124 e. The molecule has 0 amide bonds. The molecule has 1 aliphatic rings. The zero-order valence-corrected chi connectivity index (χ0v) is 8.25. The molecule has 0 aliphatic carbocycles. The van der Waals surface area contributed by atoms with E-state index < -0.39 is 0 Å². The molecule has 3 nitrogen and oxygen atoms in total. The van der Waals surface area contributed by atoms with E-state index in [1.807, 2.05) is 6.92 Å². The van der Waals surface area contributed by atoms with Crippen LogP contribution in [-0.2, 0) is 0 Å². The first kappa shape index (κ1) is 9.34. The minimum absolute atomic E-state index is 0.107. The van der Waals surface area contributed by atoms with Crippen molar-refractivity contribution in [3.05, 3.63) is 23.3 Å². The zero-order chi connectivity index (χ0) is 10.1. The molecule has 0 aromatic heterocycles. The first-order chi connectivity index (χ1) is 6.68. The van der Waals surface area contributed by atoms with E-state index in [9.17, 15) is 10.2 Å². The standard InChI is InChI=1S/C11H15NO2/c1-7-5-9(13)11(10(14)6-7)8-3-2-4-12-8/h5-6,8,12-14H,2-4H2,1H3/t8-/m1/s1. The summed E-state index contributed by atoms with van der Waals surface area (Å²) < 4.78 is 0. The van der Waals surface area contributed by atoms with Gasteiger partial charge in [-0.25, -0.2) is 0 Å². The Kier molecular flexibility index (Phi) is 2.33. The van der Waals surface area contributed by atoms with Gasteiger partial charge < -0.3 is 15.5 Å². The van der Waals surface area contributed by atoms with Gasteiger partial charge in [0.25, 0.3) is 0 Å². The van der Waals surface area contributed by atoms with E-state index in [1.165, 1.54) is 0 Å². The molecule has 0 saturated carbocycles. The molecule has 14 heavy (non-hydrogen) atoms. The van der Waals surface area contributed by atoms with Crippen LogP contribution in [0.3, 0.4) is 0 Å². The van der Waals surface area contributed by atoms with Crippen molar-refractivity contribution in [3.63, 3.8) is 0 Å². The van der Waals surface area contributed by atoms with Gasteiger partial charge in [0.15, 0.2) is 0 Å². The Morgan fingerprint density at radius 2 is 1.93 bits per heavy atom. The minimum Gasteiger partial charge on any atom is -0.507 e. The average molecular weight is 193 g/mol. The number of aromatic hydroxyl groups is 2. The highest BCUT2D eigenvalue weighted by molar-refractivity contribution is 5.48. The van der Waals surface area contributed by atoms with Crippen LogP contribution >= 0.6 is 0 Å². The number of aryl methyl sites for hydroxylation is 1. The Morgan fingerprint density at radius 1 is 1.29 bits per heavy atom. The zero-order valence-electron chi connectivity index (χ0n) is 8.25. The van der Waals surface area contributed by atoms with Gasteiger partial charge in [0.05, 0.1) is 5.56 Å². The Hall–Kier alpha value is -1.22. The Morgan fingerprint density at radius 3 is 2.43 bits per heavy atom. The van der Waals surface area contributed by atoms with Crippen molar-refractivity contribution in [3.8, 4) is 11.5 Å². The van der Waals surface area contributed by atoms with Gasteiger partial charge in [-0.15, -0.1) is 0 Å². The summed E-state index contributed by atoms with van der Waals surface area (Å²) in [5.41, 5.74) is 1.52. The lowest BCUT2D eigenvalue weighted by atomic mass is 10.0. The third-order valence-electron chi connectivity index (χ3n) is 2.69. The Bertz CT molecular complexity index is 320. The van der Waals surface area contributed by atoms with Gasteiger partial charge in [-0.1, -0.05) is 0 Å². The number of phenolic OH excluding ortho intramolecular Hbond substituents is 2. The van der Waals surface area contributed by atoms with E-state index in [0.717, 1.165) is 24.9 Å². The van der Waals surface area contributed by atoms with E-state index in [4.69, 9.17) is 0 Å². The number of rotatable bonds is 1. The molecule has 1 saturated heterocycles. The number of hydrogen-bond acceptors (Lipinski definition) is 3. The summed E-state index contributed by atoms with van der Waals surface area (Å²) >= 11 is 0. The van der Waals surface area contributed by atoms with Crippen molar-refractivity contribution in [2.75, 3.05) is 6.54 Å². The average Bonchev–Trinajstić information content (AvgIpc) is 2.54. The van der Waals surface area contributed by atoms with Gasteiger partial charge in [-0.05, 0) is 44.0 Å². The monoisotopic (exact) mass is 193 g/mol. The first-order valence-electron chi connectivity index (χ1n) is 4.94. The fourth-order valence-electron chi connectivity index (χ4n) is 2.05. The second kappa shape index (κ2) is 3.50. The van der Waals surface area contributed by atoms with Crippen LogP contribution in [0.25, 0.3) is 0 Å². The maximum atomic E-state index is 9.73. The summed E-state index contributed by atoms with van der Waals surface area (Å²) in [5.74, 6) is 0.392. The van der Waals surface area contributed by atoms with E-state index in [2.05, 4.69) is 5.32 Å². The lowest BCUT2D eigenvalue weighted by molar-refractivity contribution is 0.422. The summed E-state index contributed by atoms with van der Waals surface area (Å²) in [5, 5.41) is 22.7. The summed E-state index contributed by atoms with van der Waals surface area (Å²) in [6.07, 6.45) is 2.07. The van der Waals surface area contributed by atoms with Crippen molar-refractivity contribution >= 4 is 0 Å². The maximum absolute atomic E-state index is 9.73. The predicted octanol–water partition coefficient (Wildman–Crippen LogP) is 1.83. The van der Waals surface area contributed by atoms with E-state index in [0.29, 0.717) is 5.56 Å². The molecule has 0 radical (unpaired) electrons. The van der Waals surface area contributed by atoms with Crippen molar-refractivity contribution in [1.29, 1.82) is 0 Å². The largest absolute Gasteiger partial charge is 0.507 e. The lowest BCUT2D eigenvalue weighted by Crippen LogP contribution is -2.13. The Balaban J connectivity index is 2.40. The lowest BCUT2D eigenvalue weighted by Gasteiger charge is -2.14. The van der Waals surface area contributed by atoms with Crippen LogP contribution in [0.5, 0.6) is 11.5 Å². The van der Waals surface area contributed by atoms with Crippen LogP contribution in [0.1, 0.15) is 30.0 Å². The third kappa shape index (κ3) is 1.55. The normalized spacial score (nSPS) is 21.4. The quantitative estimate of drug-likeness (QED) is 0.637. The molecular formula is C11H15NO2. The molecule has 0 spiro atoms. The third-order valence-corrected chi connectivity index (χ3v) is 2.69. The Labute approximate surface area is 83.4 Å². The molecule has 1 aromatic rings. The van der Waals surface area contributed by atoms with Crippen LogP contribution in [0.4, 0.5) is 0 Å². The fraction of sp³-hybridized carbons (Fsp3) is 0.455. The van der Waals surface area contributed by atoms with Gasteiger partial charge in [0.1, 0.15) is 11.5 Å². The molecule has 1 heterocycles. The van der Waals surface area contributed by atoms with E-state index in [-0.39, 0.29) is 17.5 Å². The highest BCUT2D eigenvalue weighted by Gasteiger charge is 2.22. The van der Waals surface area contributed by atoms with Crippen LogP contribution in [0.15, 0.2) is 12.1 Å². The van der Waals surface area contributed by atoms with Gasteiger partial charge in [-0.3, -0.25) is 0 Å². The summed E-state index contributed by atoms with van der Waals surface area (Å²) in [6, 6.07) is 3.49. The molecule has 3 N–H and O–H groups in total. The topological polar surface area (TPSA) is 52.5 Å². The number of nitrogens with one attached hydrogen (secondary N) is 1. The molecule has 0 bridgehead atoms. The molecule has 1 fully saturated rings. The predicted molar refractivity (Wildman–Crippen MR) is 54.5 cm³/mol. The van der Waals surface area contributed by atoms with Gasteiger partial charge in [-0.2, -0.15) is 0 Å². The fourth-order valence-corrected chi connectivity index (χ4v) is 2.05. The molecule has 0 unspecified atom stereocenters. The van der Waals surface area contributed by atoms with Crippen molar-refractivity contribution in [2.24, 2.45) is 0 Å². The van der Waals surface area contributed by atoms with Crippen LogP contribution in [0, 0.1) is 6.92 Å². The molecular weight excluding hydrogens is 178 g/mol. The maximum Gasteiger partial charge on any atom is 0.124 e. The van der Waals surface area contributed by atoms with Crippen molar-refractivity contribution < 1.29 is 10.2 Å². The van der Waals surface area contributed by atoms with Gasteiger partial charge >= 0.3 is 0 Å². The number of phenols is 2. The highest BCUT2D eigenvalue weighted by atomic mass is 16.3. The second-order valence-corrected chi connectivity index (χ2v) is 3.87. The molecule has 3 heteroatoms. The van der Waals surface area contributed by atoms with Crippen LogP contribution in [-0.4, -0.2) is 16.8 Å². The van der Waals surface area contributed by atoms with Crippen LogP contribution in [0.2, 0.25) is 0 Å². The molecule has 1 aliphatic heterocycles. The molecule has 76 valence electrons. The molecule has 2 rings (SSSR count). The molecule has 1 atom stereocenters. The van der Waals surface area contributed by atoms with Gasteiger partial charge in [0, 0.05) is 6.04 Å². The number of hydrogen-bond donors (Lipinski definition) is 3. The van der Waals surface area contributed by atoms with Crippen molar-refractivity contribution in [2.45, 2.75) is 25.8 Å². The van der Waals surface area contributed by atoms with E-state index in [1.54, 1.807) is 12.1 Å². The summed E-state index contributed by atoms with van der Waals surface area (Å²) in [6.45, 7) is 2.81.